The van der Waals surface area contributed by atoms with Crippen molar-refractivity contribution < 1.29 is 0 Å². The van der Waals surface area contributed by atoms with Crippen molar-refractivity contribution in [1.82, 2.24) is 4.90 Å². The average Bonchev–Trinajstić information content (AvgIpc) is 2.64. The van der Waals surface area contributed by atoms with E-state index in [-0.39, 0.29) is 0 Å². The Bertz CT molecular complexity index is 647. The Morgan fingerprint density at radius 2 is 1.36 bits per heavy atom. The third-order valence-electron chi connectivity index (χ3n) is 6.20. The summed E-state index contributed by atoms with van der Waals surface area (Å²) >= 11 is 0. The summed E-state index contributed by atoms with van der Waals surface area (Å²) < 4.78 is 0. The summed E-state index contributed by atoms with van der Waals surface area (Å²) in [6, 6.07) is 18.8. The minimum atomic E-state index is 0.592. The van der Waals surface area contributed by atoms with Crippen molar-refractivity contribution in [3.05, 3.63) is 70.8 Å². The monoisotopic (exact) mass is 335 g/mol. The van der Waals surface area contributed by atoms with Crippen molar-refractivity contribution in [2.24, 2.45) is 5.92 Å². The molecular formula is C24H33N. The number of aryl methyl sites for hydroxylation is 2. The first-order chi connectivity index (χ1) is 12.0. The van der Waals surface area contributed by atoms with E-state index in [4.69, 9.17) is 0 Å². The van der Waals surface area contributed by atoms with Crippen LogP contribution < -0.4 is 0 Å². The van der Waals surface area contributed by atoms with Gasteiger partial charge in [-0.3, -0.25) is 0 Å². The predicted molar refractivity (Wildman–Crippen MR) is 108 cm³/mol. The van der Waals surface area contributed by atoms with E-state index < -0.39 is 0 Å². The second kappa shape index (κ2) is 8.19. The molecule has 1 nitrogen and oxygen atoms in total. The molecule has 1 saturated heterocycles. The minimum absolute atomic E-state index is 0.592. The molecule has 0 N–H and O–H groups in total. The first kappa shape index (κ1) is 18.2. The Balaban J connectivity index is 1.52. The number of benzene rings is 2. The quantitative estimate of drug-likeness (QED) is 0.672. The van der Waals surface area contributed by atoms with Gasteiger partial charge in [0.15, 0.2) is 0 Å². The Kier molecular flexibility index (Phi) is 5.96. The number of piperidine rings is 1. The van der Waals surface area contributed by atoms with E-state index >= 15 is 0 Å². The van der Waals surface area contributed by atoms with Crippen LogP contribution in [0.5, 0.6) is 0 Å². The molecule has 0 aromatic heterocycles. The topological polar surface area (TPSA) is 3.24 Å². The van der Waals surface area contributed by atoms with Gasteiger partial charge in [-0.2, -0.15) is 0 Å². The first-order valence-electron chi connectivity index (χ1n) is 9.89. The first-order valence-corrected chi connectivity index (χ1v) is 9.89. The van der Waals surface area contributed by atoms with E-state index in [0.717, 1.165) is 5.92 Å². The molecule has 1 heterocycles. The van der Waals surface area contributed by atoms with Crippen molar-refractivity contribution in [2.75, 3.05) is 13.1 Å². The normalized spacial score (nSPS) is 18.9. The zero-order valence-corrected chi connectivity index (χ0v) is 16.3. The van der Waals surface area contributed by atoms with Crippen LogP contribution in [-0.2, 0) is 6.42 Å². The van der Waals surface area contributed by atoms with E-state index in [1.807, 2.05) is 0 Å². The Hall–Kier alpha value is -1.60. The molecule has 2 unspecified atom stereocenters. The zero-order chi connectivity index (χ0) is 17.8. The molecule has 2 aromatic rings. The highest BCUT2D eigenvalue weighted by Crippen LogP contribution is 2.28. The standard InChI is InChI=1S/C24H33N/c1-18-5-9-22(10-6-18)17-23-13-15-25(16-14-23)21(4)20(3)24-11-7-19(2)8-12-24/h5-12,20-21,23H,13-17H2,1-4H3. The summed E-state index contributed by atoms with van der Waals surface area (Å²) in [4.78, 5) is 2.70. The van der Waals surface area contributed by atoms with Gasteiger partial charge in [0.05, 0.1) is 0 Å². The summed E-state index contributed by atoms with van der Waals surface area (Å²) in [5, 5.41) is 0. The zero-order valence-electron chi connectivity index (χ0n) is 16.3. The molecule has 1 aliphatic rings. The van der Waals surface area contributed by atoms with Crippen molar-refractivity contribution in [1.29, 1.82) is 0 Å². The van der Waals surface area contributed by atoms with Gasteiger partial charge < -0.3 is 4.90 Å². The van der Waals surface area contributed by atoms with Gasteiger partial charge in [0, 0.05) is 6.04 Å². The number of rotatable bonds is 5. The lowest BCUT2D eigenvalue weighted by Gasteiger charge is -2.39. The lowest BCUT2D eigenvalue weighted by Crippen LogP contribution is -2.42. The maximum absolute atomic E-state index is 2.70. The van der Waals surface area contributed by atoms with Crippen LogP contribution in [0.4, 0.5) is 0 Å². The van der Waals surface area contributed by atoms with Gasteiger partial charge in [0.1, 0.15) is 0 Å². The third kappa shape index (κ3) is 4.73. The Morgan fingerprint density at radius 1 is 0.840 bits per heavy atom. The van der Waals surface area contributed by atoms with Crippen LogP contribution in [0.3, 0.4) is 0 Å². The van der Waals surface area contributed by atoms with E-state index in [1.54, 1.807) is 0 Å². The van der Waals surface area contributed by atoms with Gasteiger partial charge in [-0.15, -0.1) is 0 Å². The maximum Gasteiger partial charge on any atom is 0.0133 e. The molecule has 1 aliphatic heterocycles. The number of hydrogen-bond acceptors (Lipinski definition) is 1. The Morgan fingerprint density at radius 3 is 1.92 bits per heavy atom. The summed E-state index contributed by atoms with van der Waals surface area (Å²) in [6.45, 7) is 11.6. The smallest absolute Gasteiger partial charge is 0.0133 e. The van der Waals surface area contributed by atoms with Crippen molar-refractivity contribution in [3.8, 4) is 0 Å². The summed E-state index contributed by atoms with van der Waals surface area (Å²) in [6.07, 6.45) is 3.91. The van der Waals surface area contributed by atoms with E-state index in [2.05, 4.69) is 81.1 Å². The van der Waals surface area contributed by atoms with Crippen LogP contribution in [0.15, 0.2) is 48.5 Å². The molecular weight excluding hydrogens is 302 g/mol. The number of nitrogens with zero attached hydrogens (tertiary/aromatic N) is 1. The van der Waals surface area contributed by atoms with Crippen molar-refractivity contribution >= 4 is 0 Å². The van der Waals surface area contributed by atoms with E-state index in [9.17, 15) is 0 Å². The van der Waals surface area contributed by atoms with Crippen LogP contribution in [-0.4, -0.2) is 24.0 Å². The molecule has 0 spiro atoms. The van der Waals surface area contributed by atoms with Gasteiger partial charge in [-0.05, 0) is 76.1 Å². The molecule has 25 heavy (non-hydrogen) atoms. The molecule has 2 aromatic carbocycles. The van der Waals surface area contributed by atoms with E-state index in [0.29, 0.717) is 12.0 Å². The molecule has 134 valence electrons. The SMILES string of the molecule is Cc1ccc(CC2CCN(C(C)C(C)c3ccc(C)cc3)CC2)cc1. The molecule has 0 radical (unpaired) electrons. The summed E-state index contributed by atoms with van der Waals surface area (Å²) in [5.74, 6) is 1.44. The molecule has 0 amide bonds. The molecule has 1 fully saturated rings. The van der Waals surface area contributed by atoms with Crippen LogP contribution >= 0.6 is 0 Å². The van der Waals surface area contributed by atoms with Crippen molar-refractivity contribution in [2.45, 2.75) is 58.9 Å². The lowest BCUT2D eigenvalue weighted by atomic mass is 9.87. The van der Waals surface area contributed by atoms with E-state index in [1.165, 1.54) is 54.6 Å². The molecule has 2 atom stereocenters. The fourth-order valence-corrected chi connectivity index (χ4v) is 4.09. The lowest BCUT2D eigenvalue weighted by molar-refractivity contribution is 0.127. The van der Waals surface area contributed by atoms with Gasteiger partial charge in [0.2, 0.25) is 0 Å². The largest absolute Gasteiger partial charge is 0.300 e. The second-order valence-electron chi connectivity index (χ2n) is 8.11. The Labute approximate surface area is 154 Å². The van der Waals surface area contributed by atoms with Gasteiger partial charge in [-0.1, -0.05) is 66.6 Å². The predicted octanol–water partition coefficient (Wildman–Crippen LogP) is 5.75. The maximum atomic E-state index is 2.70. The third-order valence-corrected chi connectivity index (χ3v) is 6.20. The van der Waals surface area contributed by atoms with Crippen LogP contribution in [0.25, 0.3) is 0 Å². The van der Waals surface area contributed by atoms with Crippen molar-refractivity contribution in [3.63, 3.8) is 0 Å². The molecule has 0 saturated carbocycles. The highest BCUT2D eigenvalue weighted by atomic mass is 15.2. The molecule has 0 aliphatic carbocycles. The molecule has 0 bridgehead atoms. The highest BCUT2D eigenvalue weighted by Gasteiger charge is 2.26. The molecule has 3 rings (SSSR count). The fraction of sp³-hybridized carbons (Fsp3) is 0.500. The highest BCUT2D eigenvalue weighted by molar-refractivity contribution is 5.25. The van der Waals surface area contributed by atoms with Crippen LogP contribution in [0, 0.1) is 19.8 Å². The fourth-order valence-electron chi connectivity index (χ4n) is 4.09. The number of hydrogen-bond donors (Lipinski definition) is 0. The summed E-state index contributed by atoms with van der Waals surface area (Å²) in [7, 11) is 0. The average molecular weight is 336 g/mol. The van der Waals surface area contributed by atoms with Crippen LogP contribution in [0.1, 0.15) is 54.9 Å². The second-order valence-corrected chi connectivity index (χ2v) is 8.11. The number of likely N-dealkylation sites (tertiary alicyclic amines) is 1. The summed E-state index contributed by atoms with van der Waals surface area (Å²) in [5.41, 5.74) is 5.68. The van der Waals surface area contributed by atoms with Gasteiger partial charge in [0.25, 0.3) is 0 Å². The molecule has 1 heteroatoms. The minimum Gasteiger partial charge on any atom is -0.300 e. The van der Waals surface area contributed by atoms with Gasteiger partial charge in [-0.25, -0.2) is 0 Å². The van der Waals surface area contributed by atoms with Gasteiger partial charge >= 0.3 is 0 Å². The van der Waals surface area contributed by atoms with Crippen LogP contribution in [0.2, 0.25) is 0 Å².